The Morgan fingerprint density at radius 1 is 1.46 bits per heavy atom. The summed E-state index contributed by atoms with van der Waals surface area (Å²) in [4.78, 5) is 0. The van der Waals surface area contributed by atoms with Crippen molar-refractivity contribution in [3.8, 4) is 0 Å². The maximum absolute atomic E-state index is 4.49. The Kier molecular flexibility index (Phi) is 2.36. The fourth-order valence-corrected chi connectivity index (χ4v) is 2.00. The summed E-state index contributed by atoms with van der Waals surface area (Å²) in [5.74, 6) is 0. The summed E-state index contributed by atoms with van der Waals surface area (Å²) in [5, 5.41) is 7.98. The molecule has 1 aliphatic rings. The second-order valence-electron chi connectivity index (χ2n) is 3.84. The quantitative estimate of drug-likeness (QED) is 0.712. The zero-order chi connectivity index (χ0) is 9.26. The van der Waals surface area contributed by atoms with E-state index in [-0.39, 0.29) is 0 Å². The van der Waals surface area contributed by atoms with Gasteiger partial charge in [-0.25, -0.2) is 0 Å². The van der Waals surface area contributed by atoms with Crippen molar-refractivity contribution in [2.24, 2.45) is 0 Å². The third-order valence-corrected chi connectivity index (χ3v) is 2.62. The van der Waals surface area contributed by atoms with E-state index in [4.69, 9.17) is 0 Å². The van der Waals surface area contributed by atoms with Gasteiger partial charge < -0.3 is 0 Å². The van der Waals surface area contributed by atoms with Crippen molar-refractivity contribution >= 4 is 0 Å². The van der Waals surface area contributed by atoms with Gasteiger partial charge in [-0.2, -0.15) is 5.10 Å². The third-order valence-electron chi connectivity index (χ3n) is 2.62. The molecule has 1 saturated heterocycles. The lowest BCUT2D eigenvalue weighted by Crippen LogP contribution is -2.32. The minimum Gasteiger partial charge on any atom is -0.296 e. The summed E-state index contributed by atoms with van der Waals surface area (Å²) < 4.78 is 2.12. The Balaban J connectivity index is 2.18. The molecule has 1 atom stereocenters. The molecule has 1 aromatic rings. The van der Waals surface area contributed by atoms with Crippen LogP contribution in [0.5, 0.6) is 0 Å². The standard InChI is InChI=1S/C10H17N3/c1-8-7-9(2)13(12-8)10-5-3-4-6-11-10/h7,10-11H,3-6H2,1-2H3/t10-/m1/s1. The summed E-state index contributed by atoms with van der Waals surface area (Å²) in [6.45, 7) is 5.30. The average Bonchev–Trinajstić information content (AvgIpc) is 2.47. The SMILES string of the molecule is Cc1cc(C)n([C@@H]2CCCCN2)n1. The molecule has 1 fully saturated rings. The van der Waals surface area contributed by atoms with E-state index in [1.54, 1.807) is 0 Å². The molecule has 2 heterocycles. The molecule has 1 N–H and O–H groups in total. The molecule has 1 aromatic heterocycles. The topological polar surface area (TPSA) is 29.9 Å². The van der Waals surface area contributed by atoms with E-state index < -0.39 is 0 Å². The summed E-state index contributed by atoms with van der Waals surface area (Å²) in [7, 11) is 0. The number of nitrogens with zero attached hydrogens (tertiary/aromatic N) is 2. The molecular weight excluding hydrogens is 162 g/mol. The molecule has 72 valence electrons. The highest BCUT2D eigenvalue weighted by Crippen LogP contribution is 2.18. The van der Waals surface area contributed by atoms with Gasteiger partial charge in [-0.15, -0.1) is 0 Å². The average molecular weight is 179 g/mol. The lowest BCUT2D eigenvalue weighted by molar-refractivity contribution is 0.293. The highest BCUT2D eigenvalue weighted by Gasteiger charge is 2.16. The van der Waals surface area contributed by atoms with E-state index in [1.165, 1.54) is 25.0 Å². The lowest BCUT2D eigenvalue weighted by Gasteiger charge is -2.24. The van der Waals surface area contributed by atoms with E-state index in [1.807, 2.05) is 6.92 Å². The summed E-state index contributed by atoms with van der Waals surface area (Å²) >= 11 is 0. The monoisotopic (exact) mass is 179 g/mol. The van der Waals surface area contributed by atoms with Crippen molar-refractivity contribution in [3.63, 3.8) is 0 Å². The van der Waals surface area contributed by atoms with Gasteiger partial charge in [0.15, 0.2) is 0 Å². The van der Waals surface area contributed by atoms with Crippen LogP contribution >= 0.6 is 0 Å². The normalized spacial score (nSPS) is 23.4. The number of aromatic nitrogens is 2. The van der Waals surface area contributed by atoms with Crippen LogP contribution in [0.25, 0.3) is 0 Å². The van der Waals surface area contributed by atoms with Crippen molar-refractivity contribution < 1.29 is 0 Å². The molecule has 0 bridgehead atoms. The molecule has 0 aromatic carbocycles. The smallest absolute Gasteiger partial charge is 0.102 e. The fraction of sp³-hybridized carbons (Fsp3) is 0.700. The predicted molar refractivity (Wildman–Crippen MR) is 52.6 cm³/mol. The Morgan fingerprint density at radius 3 is 2.85 bits per heavy atom. The van der Waals surface area contributed by atoms with Crippen LogP contribution in [0.1, 0.15) is 36.8 Å². The van der Waals surface area contributed by atoms with Gasteiger partial charge in [-0.3, -0.25) is 10.00 Å². The van der Waals surface area contributed by atoms with Crippen molar-refractivity contribution in [1.29, 1.82) is 0 Å². The number of piperidine rings is 1. The van der Waals surface area contributed by atoms with Crippen LogP contribution in [0.3, 0.4) is 0 Å². The number of hydrogen-bond acceptors (Lipinski definition) is 2. The van der Waals surface area contributed by atoms with Crippen LogP contribution in [0.2, 0.25) is 0 Å². The van der Waals surface area contributed by atoms with E-state index in [9.17, 15) is 0 Å². The first kappa shape index (κ1) is 8.75. The zero-order valence-corrected chi connectivity index (χ0v) is 8.38. The van der Waals surface area contributed by atoms with Crippen molar-refractivity contribution in [1.82, 2.24) is 15.1 Å². The molecule has 0 radical (unpaired) electrons. The summed E-state index contributed by atoms with van der Waals surface area (Å²) in [6, 6.07) is 2.14. The molecule has 0 spiro atoms. The zero-order valence-electron chi connectivity index (χ0n) is 8.38. The second kappa shape index (κ2) is 3.50. The van der Waals surface area contributed by atoms with Crippen molar-refractivity contribution in [2.45, 2.75) is 39.3 Å². The first-order valence-corrected chi connectivity index (χ1v) is 5.03. The number of rotatable bonds is 1. The van der Waals surface area contributed by atoms with E-state index in [0.717, 1.165) is 12.2 Å². The maximum atomic E-state index is 4.49. The third kappa shape index (κ3) is 1.75. The van der Waals surface area contributed by atoms with Gasteiger partial charge in [0, 0.05) is 5.69 Å². The maximum Gasteiger partial charge on any atom is 0.102 e. The van der Waals surface area contributed by atoms with Gasteiger partial charge in [0.25, 0.3) is 0 Å². The van der Waals surface area contributed by atoms with Crippen LogP contribution < -0.4 is 5.32 Å². The molecule has 3 nitrogen and oxygen atoms in total. The van der Waals surface area contributed by atoms with Gasteiger partial charge in [0.2, 0.25) is 0 Å². The molecule has 0 amide bonds. The predicted octanol–water partition coefficient (Wildman–Crippen LogP) is 1.77. The van der Waals surface area contributed by atoms with Gasteiger partial charge in [-0.05, 0) is 45.7 Å². The Hall–Kier alpha value is -0.830. The Labute approximate surface area is 79.1 Å². The van der Waals surface area contributed by atoms with Gasteiger partial charge in [0.05, 0.1) is 5.69 Å². The number of nitrogens with one attached hydrogen (secondary N) is 1. The highest BCUT2D eigenvalue weighted by molar-refractivity contribution is 5.07. The molecule has 0 unspecified atom stereocenters. The number of aryl methyl sites for hydroxylation is 2. The van der Waals surface area contributed by atoms with Crippen LogP contribution in [-0.4, -0.2) is 16.3 Å². The molecule has 13 heavy (non-hydrogen) atoms. The second-order valence-corrected chi connectivity index (χ2v) is 3.84. The Morgan fingerprint density at radius 2 is 2.31 bits per heavy atom. The van der Waals surface area contributed by atoms with E-state index >= 15 is 0 Å². The number of hydrogen-bond donors (Lipinski definition) is 1. The van der Waals surface area contributed by atoms with Crippen LogP contribution in [0.4, 0.5) is 0 Å². The first-order chi connectivity index (χ1) is 6.27. The molecule has 2 rings (SSSR count). The minimum absolute atomic E-state index is 0.433. The molecule has 3 heteroatoms. The largest absolute Gasteiger partial charge is 0.296 e. The minimum atomic E-state index is 0.433. The van der Waals surface area contributed by atoms with E-state index in [0.29, 0.717) is 6.17 Å². The lowest BCUT2D eigenvalue weighted by atomic mass is 10.1. The first-order valence-electron chi connectivity index (χ1n) is 5.03. The Bertz CT molecular complexity index is 284. The van der Waals surface area contributed by atoms with Crippen molar-refractivity contribution in [2.75, 3.05) is 6.54 Å². The fourth-order valence-electron chi connectivity index (χ4n) is 2.00. The highest BCUT2D eigenvalue weighted by atomic mass is 15.4. The van der Waals surface area contributed by atoms with Crippen LogP contribution in [0.15, 0.2) is 6.07 Å². The van der Waals surface area contributed by atoms with Gasteiger partial charge in [-0.1, -0.05) is 0 Å². The van der Waals surface area contributed by atoms with E-state index in [2.05, 4.69) is 28.1 Å². The summed E-state index contributed by atoms with van der Waals surface area (Å²) in [5.41, 5.74) is 2.38. The van der Waals surface area contributed by atoms with Gasteiger partial charge >= 0.3 is 0 Å². The van der Waals surface area contributed by atoms with Crippen LogP contribution in [-0.2, 0) is 0 Å². The van der Waals surface area contributed by atoms with Crippen molar-refractivity contribution in [3.05, 3.63) is 17.5 Å². The van der Waals surface area contributed by atoms with Crippen LogP contribution in [0, 0.1) is 13.8 Å². The summed E-state index contributed by atoms with van der Waals surface area (Å²) in [6.07, 6.45) is 4.26. The molecule has 0 aliphatic carbocycles. The van der Waals surface area contributed by atoms with Gasteiger partial charge in [0.1, 0.15) is 6.17 Å². The molecule has 1 aliphatic heterocycles. The molecular formula is C10H17N3. The molecule has 0 saturated carbocycles.